The molecule has 3 aliphatic rings. The van der Waals surface area contributed by atoms with Crippen LogP contribution in [0.25, 0.3) is 0 Å². The molecule has 1 saturated carbocycles. The number of primary amides is 1. The fourth-order valence-corrected chi connectivity index (χ4v) is 7.58. The highest BCUT2D eigenvalue weighted by Crippen LogP contribution is 2.46. The summed E-state index contributed by atoms with van der Waals surface area (Å²) in [6, 6.07) is 25.6. The zero-order chi connectivity index (χ0) is 26.9. The maximum atomic E-state index is 11.4. The number of hydrogen-bond acceptors (Lipinski definition) is 4. The molecule has 7 heteroatoms. The van der Waals surface area contributed by atoms with Crippen molar-refractivity contribution in [3.8, 4) is 0 Å². The van der Waals surface area contributed by atoms with Gasteiger partial charge in [0.1, 0.15) is 0 Å². The zero-order valence-corrected chi connectivity index (χ0v) is 23.5. The average Bonchev–Trinajstić information content (AvgIpc) is 3.39. The van der Waals surface area contributed by atoms with Gasteiger partial charge in [-0.25, -0.2) is 0 Å². The number of nitrogens with two attached hydrogens (primary N) is 1. The van der Waals surface area contributed by atoms with E-state index in [4.69, 9.17) is 28.9 Å². The minimum Gasteiger partial charge on any atom is -0.372 e. The molecule has 0 aromatic heterocycles. The third kappa shape index (κ3) is 5.69. The lowest BCUT2D eigenvalue weighted by molar-refractivity contribution is 0.100. The number of hydrazine groups is 1. The Bertz CT molecular complexity index is 1230. The van der Waals surface area contributed by atoms with Crippen LogP contribution in [-0.2, 0) is 0 Å². The molecular formula is C32H36Cl2N4O. The van der Waals surface area contributed by atoms with E-state index in [1.165, 1.54) is 36.1 Å². The van der Waals surface area contributed by atoms with Gasteiger partial charge in [0, 0.05) is 52.4 Å². The van der Waals surface area contributed by atoms with Crippen molar-refractivity contribution in [3.63, 3.8) is 0 Å². The molecule has 0 radical (unpaired) electrons. The Morgan fingerprint density at radius 1 is 0.795 bits per heavy atom. The molecule has 4 atom stereocenters. The smallest absolute Gasteiger partial charge is 0.248 e. The fourth-order valence-electron chi connectivity index (χ4n) is 7.33. The first-order chi connectivity index (χ1) is 19.0. The van der Waals surface area contributed by atoms with E-state index in [0.717, 1.165) is 36.0 Å². The maximum Gasteiger partial charge on any atom is 0.248 e. The zero-order valence-electron chi connectivity index (χ0n) is 22.0. The molecule has 2 aliphatic heterocycles. The molecule has 0 spiro atoms. The summed E-state index contributed by atoms with van der Waals surface area (Å²) in [5.41, 5.74) is 17.2. The number of hydrogen-bond donors (Lipinski definition) is 3. The maximum absolute atomic E-state index is 11.4. The lowest BCUT2D eigenvalue weighted by atomic mass is 9.66. The Morgan fingerprint density at radius 3 is 1.95 bits per heavy atom. The van der Waals surface area contributed by atoms with Gasteiger partial charge in [0.25, 0.3) is 0 Å². The van der Waals surface area contributed by atoms with Crippen molar-refractivity contribution in [2.24, 2.45) is 23.5 Å². The largest absolute Gasteiger partial charge is 0.372 e. The Hall–Kier alpha value is -2.57. The van der Waals surface area contributed by atoms with Crippen molar-refractivity contribution >= 4 is 34.8 Å². The van der Waals surface area contributed by atoms with E-state index < -0.39 is 0 Å². The average molecular weight is 564 g/mol. The number of carbonyl (C=O) groups excluding carboxylic acids is 1. The molecule has 3 aromatic carbocycles. The summed E-state index contributed by atoms with van der Waals surface area (Å²) in [5, 5.41) is 1.55. The number of fused-ring (bicyclic) bond motifs is 1. The number of benzene rings is 3. The van der Waals surface area contributed by atoms with Crippen molar-refractivity contribution in [3.05, 3.63) is 99.5 Å². The van der Waals surface area contributed by atoms with Gasteiger partial charge in [-0.2, -0.15) is 0 Å². The Balaban J connectivity index is 1.16. The van der Waals surface area contributed by atoms with Gasteiger partial charge in [-0.05, 0) is 110 Å². The molecule has 5 nitrogen and oxygen atoms in total. The van der Waals surface area contributed by atoms with Crippen LogP contribution in [0.15, 0.2) is 72.8 Å². The van der Waals surface area contributed by atoms with Crippen LogP contribution in [0.1, 0.15) is 59.5 Å². The topological polar surface area (TPSA) is 70.4 Å². The second-order valence-electron chi connectivity index (χ2n) is 11.5. The van der Waals surface area contributed by atoms with Crippen molar-refractivity contribution in [1.29, 1.82) is 0 Å². The van der Waals surface area contributed by atoms with Gasteiger partial charge in [-0.1, -0.05) is 47.5 Å². The lowest BCUT2D eigenvalue weighted by Gasteiger charge is -2.41. The van der Waals surface area contributed by atoms with E-state index in [1.54, 1.807) is 0 Å². The van der Waals surface area contributed by atoms with Crippen molar-refractivity contribution in [2.75, 3.05) is 18.0 Å². The second kappa shape index (κ2) is 11.5. The first-order valence-corrected chi connectivity index (χ1v) is 14.9. The third-order valence-electron chi connectivity index (χ3n) is 9.33. The van der Waals surface area contributed by atoms with Gasteiger partial charge in [0.15, 0.2) is 0 Å². The molecule has 4 unspecified atom stereocenters. The van der Waals surface area contributed by atoms with Gasteiger partial charge in [0.05, 0.1) is 0 Å². The number of piperidine rings is 1. The van der Waals surface area contributed by atoms with Crippen molar-refractivity contribution in [1.82, 2.24) is 10.9 Å². The SMILES string of the molecule is NC(=O)c1ccc(N2CCC(C3NNC4CCC(C(c5ccc(Cl)cc5)c5ccc(Cl)cc5)CC43)CC2)cc1. The van der Waals surface area contributed by atoms with Crippen LogP contribution in [0, 0.1) is 17.8 Å². The molecule has 39 heavy (non-hydrogen) atoms. The van der Waals surface area contributed by atoms with E-state index in [1.807, 2.05) is 48.5 Å². The molecule has 3 aromatic rings. The van der Waals surface area contributed by atoms with Crippen LogP contribution in [0.5, 0.6) is 0 Å². The van der Waals surface area contributed by atoms with E-state index in [9.17, 15) is 4.79 Å². The quantitative estimate of drug-likeness (QED) is 0.325. The highest BCUT2D eigenvalue weighted by molar-refractivity contribution is 6.30. The first kappa shape index (κ1) is 26.6. The van der Waals surface area contributed by atoms with Gasteiger partial charge < -0.3 is 10.6 Å². The van der Waals surface area contributed by atoms with Gasteiger partial charge in [-0.15, -0.1) is 0 Å². The molecule has 1 aliphatic carbocycles. The summed E-state index contributed by atoms with van der Waals surface area (Å²) in [6.45, 7) is 2.05. The summed E-state index contributed by atoms with van der Waals surface area (Å²) >= 11 is 12.5. The Morgan fingerprint density at radius 2 is 1.38 bits per heavy atom. The summed E-state index contributed by atoms with van der Waals surface area (Å²) < 4.78 is 0. The van der Waals surface area contributed by atoms with Gasteiger partial charge in [0.2, 0.25) is 5.91 Å². The molecule has 2 saturated heterocycles. The number of nitrogens with zero attached hydrogens (tertiary/aromatic N) is 1. The van der Waals surface area contributed by atoms with Crippen LogP contribution in [0.3, 0.4) is 0 Å². The molecule has 204 valence electrons. The van der Waals surface area contributed by atoms with E-state index >= 15 is 0 Å². The molecule has 0 bridgehead atoms. The number of amides is 1. The molecule has 2 heterocycles. The number of rotatable bonds is 6. The summed E-state index contributed by atoms with van der Waals surface area (Å²) in [7, 11) is 0. The normalized spacial score (nSPS) is 25.6. The van der Waals surface area contributed by atoms with Crippen molar-refractivity contribution < 1.29 is 4.79 Å². The summed E-state index contributed by atoms with van der Waals surface area (Å²) in [4.78, 5) is 13.9. The number of nitrogens with one attached hydrogen (secondary N) is 2. The number of halogens is 2. The van der Waals surface area contributed by atoms with Gasteiger partial charge in [-0.3, -0.25) is 15.6 Å². The predicted molar refractivity (Wildman–Crippen MR) is 159 cm³/mol. The van der Waals surface area contributed by atoms with E-state index in [-0.39, 0.29) is 5.91 Å². The van der Waals surface area contributed by atoms with E-state index in [2.05, 4.69) is 40.0 Å². The molecule has 6 rings (SSSR count). The molecular weight excluding hydrogens is 527 g/mol. The number of carbonyl (C=O) groups is 1. The molecule has 1 amide bonds. The predicted octanol–water partition coefficient (Wildman–Crippen LogP) is 6.40. The summed E-state index contributed by atoms with van der Waals surface area (Å²) in [5.74, 6) is 1.75. The standard InChI is InChI=1S/C32H36Cl2N4O/c33-25-8-1-20(2-9-25)30(21-3-10-26(34)11-4-21)24-7-14-29-28(19-24)31(37-36-29)22-15-17-38(18-16-22)27-12-5-23(6-13-27)32(35)39/h1-6,8-13,22,24,28-31,36-37H,7,14-19H2,(H2,35,39). The minimum absolute atomic E-state index is 0.326. The highest BCUT2D eigenvalue weighted by atomic mass is 35.5. The lowest BCUT2D eigenvalue weighted by Crippen LogP contribution is -2.45. The third-order valence-corrected chi connectivity index (χ3v) is 9.83. The molecule has 3 fully saturated rings. The van der Waals surface area contributed by atoms with Crippen molar-refractivity contribution in [2.45, 2.75) is 50.1 Å². The van der Waals surface area contributed by atoms with Crippen LogP contribution in [0.2, 0.25) is 10.0 Å². The fraction of sp³-hybridized carbons (Fsp3) is 0.406. The van der Waals surface area contributed by atoms with Crippen LogP contribution < -0.4 is 21.5 Å². The Kier molecular flexibility index (Phi) is 7.86. The van der Waals surface area contributed by atoms with E-state index in [0.29, 0.717) is 41.3 Å². The van der Waals surface area contributed by atoms with Crippen LogP contribution >= 0.6 is 23.2 Å². The summed E-state index contributed by atoms with van der Waals surface area (Å²) in [6.07, 6.45) is 5.88. The monoisotopic (exact) mass is 562 g/mol. The molecule has 4 N–H and O–H groups in total. The van der Waals surface area contributed by atoms with Crippen LogP contribution in [-0.4, -0.2) is 31.1 Å². The highest BCUT2D eigenvalue weighted by Gasteiger charge is 2.45. The number of anilines is 1. The first-order valence-electron chi connectivity index (χ1n) is 14.1. The van der Waals surface area contributed by atoms with Crippen LogP contribution in [0.4, 0.5) is 5.69 Å². The second-order valence-corrected chi connectivity index (χ2v) is 12.3. The minimum atomic E-state index is -0.380. The van der Waals surface area contributed by atoms with Gasteiger partial charge >= 0.3 is 0 Å². The Labute approximate surface area is 241 Å².